The highest BCUT2D eigenvalue weighted by atomic mass is 16.4. The molecule has 4 nitrogen and oxygen atoms in total. The molecule has 0 saturated heterocycles. The summed E-state index contributed by atoms with van der Waals surface area (Å²) in [6.07, 6.45) is 7.79. The lowest BCUT2D eigenvalue weighted by molar-refractivity contribution is -0.151. The lowest BCUT2D eigenvalue weighted by atomic mass is 9.82. The Kier molecular flexibility index (Phi) is 3.69. The summed E-state index contributed by atoms with van der Waals surface area (Å²) in [6.45, 7) is 0. The molecule has 2 saturated carbocycles. The van der Waals surface area contributed by atoms with Crippen LogP contribution in [0.25, 0.3) is 0 Å². The van der Waals surface area contributed by atoms with Crippen LogP contribution < -0.4 is 5.32 Å². The molecule has 17 heavy (non-hydrogen) atoms. The number of hydrogen-bond donors (Lipinski definition) is 2. The molecule has 0 aromatic carbocycles. The summed E-state index contributed by atoms with van der Waals surface area (Å²) in [6, 6.07) is 0.287. The lowest BCUT2D eigenvalue weighted by Crippen LogP contribution is -2.39. The van der Waals surface area contributed by atoms with E-state index in [4.69, 9.17) is 0 Å². The fourth-order valence-corrected chi connectivity index (χ4v) is 3.17. The highest BCUT2D eigenvalue weighted by molar-refractivity contribution is 5.85. The van der Waals surface area contributed by atoms with Crippen LogP contribution >= 0.6 is 0 Å². The Hall–Kier alpha value is -1.06. The first-order valence-electron chi connectivity index (χ1n) is 6.65. The van der Waals surface area contributed by atoms with Gasteiger partial charge in [-0.3, -0.25) is 9.59 Å². The van der Waals surface area contributed by atoms with Gasteiger partial charge in [0.1, 0.15) is 0 Å². The molecule has 2 aliphatic carbocycles. The van der Waals surface area contributed by atoms with Crippen molar-refractivity contribution in [1.29, 1.82) is 0 Å². The number of carbonyl (C=O) groups excluding carboxylic acids is 1. The largest absolute Gasteiger partial charge is 0.481 e. The van der Waals surface area contributed by atoms with Crippen LogP contribution in [0.5, 0.6) is 0 Å². The van der Waals surface area contributed by atoms with Crippen LogP contribution in [0, 0.1) is 5.41 Å². The second-order valence-electron chi connectivity index (χ2n) is 5.52. The maximum absolute atomic E-state index is 11.9. The van der Waals surface area contributed by atoms with Gasteiger partial charge in [-0.1, -0.05) is 25.7 Å². The molecular weight excluding hydrogens is 218 g/mol. The van der Waals surface area contributed by atoms with E-state index in [1.165, 1.54) is 12.8 Å². The Morgan fingerprint density at radius 1 is 1.12 bits per heavy atom. The van der Waals surface area contributed by atoms with Crippen LogP contribution in [0.2, 0.25) is 0 Å². The summed E-state index contributed by atoms with van der Waals surface area (Å²) in [5.74, 6) is -0.863. The summed E-state index contributed by atoms with van der Waals surface area (Å²) >= 11 is 0. The number of rotatable bonds is 4. The quantitative estimate of drug-likeness (QED) is 0.789. The van der Waals surface area contributed by atoms with Crippen molar-refractivity contribution in [3.05, 3.63) is 0 Å². The molecule has 2 rings (SSSR count). The third-order valence-electron chi connectivity index (χ3n) is 4.23. The lowest BCUT2D eigenvalue weighted by Gasteiger charge is -2.24. The molecule has 0 atom stereocenters. The maximum atomic E-state index is 11.9. The van der Waals surface area contributed by atoms with Crippen molar-refractivity contribution < 1.29 is 14.7 Å². The Bertz CT molecular complexity index is 302. The van der Waals surface area contributed by atoms with Gasteiger partial charge in [0.2, 0.25) is 5.91 Å². The van der Waals surface area contributed by atoms with E-state index in [1.807, 2.05) is 0 Å². The number of carboxylic acids is 1. The first-order valence-corrected chi connectivity index (χ1v) is 6.65. The summed E-state index contributed by atoms with van der Waals surface area (Å²) in [4.78, 5) is 23.2. The highest BCUT2D eigenvalue weighted by Gasteiger charge is 2.43. The van der Waals surface area contributed by atoms with E-state index in [9.17, 15) is 14.7 Å². The molecular formula is C13H21NO3. The minimum atomic E-state index is -0.795. The van der Waals surface area contributed by atoms with Gasteiger partial charge >= 0.3 is 5.97 Å². The zero-order valence-corrected chi connectivity index (χ0v) is 10.2. The Morgan fingerprint density at radius 3 is 2.24 bits per heavy atom. The normalized spacial score (nSPS) is 23.8. The molecule has 2 fully saturated rings. The average Bonchev–Trinajstić information content (AvgIpc) is 2.89. The zero-order chi connectivity index (χ0) is 12.3. The van der Waals surface area contributed by atoms with Crippen molar-refractivity contribution in [2.45, 2.75) is 63.8 Å². The fourth-order valence-electron chi connectivity index (χ4n) is 3.17. The van der Waals surface area contributed by atoms with Gasteiger partial charge in [0.25, 0.3) is 0 Å². The Morgan fingerprint density at radius 2 is 1.71 bits per heavy atom. The summed E-state index contributed by atoms with van der Waals surface area (Å²) in [7, 11) is 0. The predicted molar refractivity (Wildman–Crippen MR) is 63.6 cm³/mol. The third kappa shape index (κ3) is 2.79. The fraction of sp³-hybridized carbons (Fsp3) is 0.846. The molecule has 0 aromatic heterocycles. The highest BCUT2D eigenvalue weighted by Crippen LogP contribution is 2.41. The van der Waals surface area contributed by atoms with Crippen LogP contribution in [0.1, 0.15) is 57.8 Å². The molecule has 0 bridgehead atoms. The van der Waals surface area contributed by atoms with E-state index in [0.717, 1.165) is 25.7 Å². The average molecular weight is 239 g/mol. The maximum Gasteiger partial charge on any atom is 0.310 e. The van der Waals surface area contributed by atoms with Gasteiger partial charge in [0.15, 0.2) is 0 Å². The standard InChI is InChI=1S/C13H21NO3/c15-11(14-10-5-1-2-6-10)9-13(12(16)17)7-3-4-8-13/h10H,1-9H2,(H,14,15)(H,16,17). The first kappa shape index (κ1) is 12.4. The van der Waals surface area contributed by atoms with E-state index in [1.54, 1.807) is 0 Å². The topological polar surface area (TPSA) is 66.4 Å². The van der Waals surface area contributed by atoms with E-state index < -0.39 is 11.4 Å². The SMILES string of the molecule is O=C(CC1(C(=O)O)CCCC1)NC1CCCC1. The second-order valence-corrected chi connectivity index (χ2v) is 5.52. The van der Waals surface area contributed by atoms with E-state index in [-0.39, 0.29) is 18.4 Å². The molecule has 0 aliphatic heterocycles. The Labute approximate surface area is 102 Å². The molecule has 2 aliphatic rings. The predicted octanol–water partition coefficient (Wildman–Crippen LogP) is 2.08. The van der Waals surface area contributed by atoms with Crippen LogP contribution in [0.4, 0.5) is 0 Å². The van der Waals surface area contributed by atoms with Crippen LogP contribution in [-0.4, -0.2) is 23.0 Å². The minimum Gasteiger partial charge on any atom is -0.481 e. The van der Waals surface area contributed by atoms with Crippen LogP contribution in [-0.2, 0) is 9.59 Å². The summed E-state index contributed by atoms with van der Waals surface area (Å²) < 4.78 is 0. The van der Waals surface area contributed by atoms with Crippen molar-refractivity contribution in [2.75, 3.05) is 0 Å². The molecule has 2 N–H and O–H groups in total. The van der Waals surface area contributed by atoms with Crippen LogP contribution in [0.15, 0.2) is 0 Å². The van der Waals surface area contributed by atoms with E-state index in [0.29, 0.717) is 12.8 Å². The van der Waals surface area contributed by atoms with Gasteiger partial charge in [-0.15, -0.1) is 0 Å². The molecule has 0 spiro atoms. The molecule has 1 amide bonds. The van der Waals surface area contributed by atoms with Crippen molar-refractivity contribution in [2.24, 2.45) is 5.41 Å². The number of amides is 1. The van der Waals surface area contributed by atoms with Crippen LogP contribution in [0.3, 0.4) is 0 Å². The smallest absolute Gasteiger partial charge is 0.310 e. The van der Waals surface area contributed by atoms with Gasteiger partial charge in [0, 0.05) is 12.5 Å². The van der Waals surface area contributed by atoms with Gasteiger partial charge in [-0.2, -0.15) is 0 Å². The van der Waals surface area contributed by atoms with E-state index >= 15 is 0 Å². The monoisotopic (exact) mass is 239 g/mol. The number of aliphatic carboxylic acids is 1. The zero-order valence-electron chi connectivity index (χ0n) is 10.2. The van der Waals surface area contributed by atoms with Gasteiger partial charge in [-0.25, -0.2) is 0 Å². The molecule has 96 valence electrons. The second kappa shape index (κ2) is 5.07. The first-order chi connectivity index (χ1) is 8.12. The van der Waals surface area contributed by atoms with Crippen molar-refractivity contribution in [3.63, 3.8) is 0 Å². The van der Waals surface area contributed by atoms with E-state index in [2.05, 4.69) is 5.32 Å². The number of hydrogen-bond acceptors (Lipinski definition) is 2. The Balaban J connectivity index is 1.89. The molecule has 0 heterocycles. The molecule has 4 heteroatoms. The minimum absolute atomic E-state index is 0.0683. The van der Waals surface area contributed by atoms with Gasteiger partial charge in [0.05, 0.1) is 5.41 Å². The van der Waals surface area contributed by atoms with Crippen molar-refractivity contribution in [3.8, 4) is 0 Å². The van der Waals surface area contributed by atoms with Gasteiger partial charge in [-0.05, 0) is 25.7 Å². The molecule has 0 radical (unpaired) electrons. The summed E-state index contributed by atoms with van der Waals surface area (Å²) in [5, 5.41) is 12.3. The van der Waals surface area contributed by atoms with Crippen molar-refractivity contribution in [1.82, 2.24) is 5.32 Å². The van der Waals surface area contributed by atoms with Gasteiger partial charge < -0.3 is 10.4 Å². The molecule has 0 unspecified atom stereocenters. The summed E-state index contributed by atoms with van der Waals surface area (Å²) in [5.41, 5.74) is -0.775. The number of carboxylic acid groups (broad SMARTS) is 1. The number of carbonyl (C=O) groups is 2. The third-order valence-corrected chi connectivity index (χ3v) is 4.23. The number of nitrogens with one attached hydrogen (secondary N) is 1. The molecule has 0 aromatic rings. The van der Waals surface area contributed by atoms with Crippen molar-refractivity contribution >= 4 is 11.9 Å².